The van der Waals surface area contributed by atoms with Gasteiger partial charge in [0.25, 0.3) is 0 Å². The predicted octanol–water partition coefficient (Wildman–Crippen LogP) is 2.21. The van der Waals surface area contributed by atoms with Gasteiger partial charge in [-0.25, -0.2) is 0 Å². The summed E-state index contributed by atoms with van der Waals surface area (Å²) >= 11 is 1.17. The quantitative estimate of drug-likeness (QED) is 0.769. The first-order chi connectivity index (χ1) is 6.71. The molecule has 76 valence electrons. The van der Waals surface area contributed by atoms with Crippen LogP contribution in [0.25, 0.3) is 0 Å². The van der Waals surface area contributed by atoms with Gasteiger partial charge >= 0.3 is 0 Å². The lowest BCUT2D eigenvalue weighted by Gasteiger charge is -2.06. The van der Waals surface area contributed by atoms with Crippen molar-refractivity contribution in [3.05, 3.63) is 23.8 Å². The number of rotatable bonds is 3. The Morgan fingerprint density at radius 1 is 1.14 bits per heavy atom. The molecule has 0 unspecified atom stereocenters. The van der Waals surface area contributed by atoms with Gasteiger partial charge in [0.1, 0.15) is 11.5 Å². The molecule has 1 aromatic carbocycles. The van der Waals surface area contributed by atoms with Gasteiger partial charge in [-0.2, -0.15) is 0 Å². The van der Waals surface area contributed by atoms with Crippen LogP contribution in [0.4, 0.5) is 0 Å². The van der Waals surface area contributed by atoms with E-state index in [1.54, 1.807) is 38.7 Å². The van der Waals surface area contributed by atoms with Crippen LogP contribution in [0.2, 0.25) is 0 Å². The number of benzene rings is 1. The summed E-state index contributed by atoms with van der Waals surface area (Å²) in [4.78, 5) is 11.4. The van der Waals surface area contributed by atoms with Crippen LogP contribution in [0, 0.1) is 0 Å². The summed E-state index contributed by atoms with van der Waals surface area (Å²) in [5.41, 5.74) is 0.591. The van der Waals surface area contributed by atoms with Crippen molar-refractivity contribution in [1.82, 2.24) is 0 Å². The van der Waals surface area contributed by atoms with E-state index in [1.165, 1.54) is 11.8 Å². The molecule has 0 saturated heterocycles. The second-order valence-corrected chi connectivity index (χ2v) is 3.37. The Kier molecular flexibility index (Phi) is 3.83. The minimum Gasteiger partial charge on any atom is -0.497 e. The van der Waals surface area contributed by atoms with E-state index in [4.69, 9.17) is 9.47 Å². The Labute approximate surface area is 87.4 Å². The Morgan fingerprint density at radius 2 is 1.64 bits per heavy atom. The molecule has 0 atom stereocenters. The van der Waals surface area contributed by atoms with E-state index in [0.29, 0.717) is 17.1 Å². The van der Waals surface area contributed by atoms with Crippen LogP contribution >= 0.6 is 11.8 Å². The van der Waals surface area contributed by atoms with Crippen molar-refractivity contribution in [1.29, 1.82) is 0 Å². The maximum Gasteiger partial charge on any atom is 0.219 e. The highest BCUT2D eigenvalue weighted by atomic mass is 32.2. The predicted molar refractivity (Wildman–Crippen MR) is 57.4 cm³/mol. The van der Waals surface area contributed by atoms with Gasteiger partial charge in [0.15, 0.2) is 0 Å². The van der Waals surface area contributed by atoms with Crippen molar-refractivity contribution in [3.63, 3.8) is 0 Å². The number of methoxy groups -OCH3 is 2. The minimum atomic E-state index is 0.00204. The van der Waals surface area contributed by atoms with Crippen molar-refractivity contribution >= 4 is 16.9 Å². The largest absolute Gasteiger partial charge is 0.497 e. The molecular weight excluding hydrogens is 200 g/mol. The zero-order valence-electron chi connectivity index (χ0n) is 8.37. The van der Waals surface area contributed by atoms with Crippen LogP contribution in [0.15, 0.2) is 18.2 Å². The zero-order chi connectivity index (χ0) is 10.6. The molecule has 0 aliphatic carbocycles. The molecule has 1 rings (SSSR count). The minimum absolute atomic E-state index is 0.00204. The zero-order valence-corrected chi connectivity index (χ0v) is 9.18. The fourth-order valence-corrected chi connectivity index (χ4v) is 1.40. The van der Waals surface area contributed by atoms with Gasteiger partial charge in [0.2, 0.25) is 5.12 Å². The summed E-state index contributed by atoms with van der Waals surface area (Å²) in [6, 6.07) is 5.12. The first-order valence-corrected chi connectivity index (χ1v) is 5.25. The van der Waals surface area contributed by atoms with Gasteiger partial charge in [-0.15, -0.1) is 0 Å². The fraction of sp³-hybridized carbons (Fsp3) is 0.300. The highest BCUT2D eigenvalue weighted by molar-refractivity contribution is 8.13. The molecule has 0 amide bonds. The van der Waals surface area contributed by atoms with Gasteiger partial charge in [0.05, 0.1) is 14.2 Å². The van der Waals surface area contributed by atoms with E-state index in [-0.39, 0.29) is 5.12 Å². The summed E-state index contributed by atoms with van der Waals surface area (Å²) < 4.78 is 10.1. The monoisotopic (exact) mass is 212 g/mol. The third-order valence-electron chi connectivity index (χ3n) is 1.77. The van der Waals surface area contributed by atoms with Crippen LogP contribution in [-0.4, -0.2) is 25.6 Å². The number of hydrogen-bond acceptors (Lipinski definition) is 4. The third-order valence-corrected chi connectivity index (χ3v) is 2.38. The highest BCUT2D eigenvalue weighted by Crippen LogP contribution is 2.24. The van der Waals surface area contributed by atoms with Crippen molar-refractivity contribution in [2.45, 2.75) is 0 Å². The molecule has 0 bridgehead atoms. The van der Waals surface area contributed by atoms with Gasteiger partial charge < -0.3 is 9.47 Å². The first-order valence-electron chi connectivity index (χ1n) is 4.02. The SMILES string of the molecule is COc1cc(OC)cc(C(=O)SC)c1. The number of carbonyl (C=O) groups excluding carboxylic acids is 1. The van der Waals surface area contributed by atoms with Gasteiger partial charge in [-0.05, 0) is 18.4 Å². The van der Waals surface area contributed by atoms with Crippen LogP contribution in [0.3, 0.4) is 0 Å². The third kappa shape index (κ3) is 2.42. The number of hydrogen-bond donors (Lipinski definition) is 0. The van der Waals surface area contributed by atoms with E-state index in [0.717, 1.165) is 0 Å². The maximum absolute atomic E-state index is 11.4. The highest BCUT2D eigenvalue weighted by Gasteiger charge is 2.08. The second kappa shape index (κ2) is 4.91. The lowest BCUT2D eigenvalue weighted by atomic mass is 10.2. The van der Waals surface area contributed by atoms with Crippen LogP contribution in [-0.2, 0) is 0 Å². The average Bonchev–Trinajstić information content (AvgIpc) is 2.27. The fourth-order valence-electron chi connectivity index (χ4n) is 1.04. The standard InChI is InChI=1S/C10H12O3S/c1-12-8-4-7(10(11)14-3)5-9(6-8)13-2/h4-6H,1-3H3. The van der Waals surface area contributed by atoms with Crippen molar-refractivity contribution < 1.29 is 14.3 Å². The number of ether oxygens (including phenoxy) is 2. The van der Waals surface area contributed by atoms with Gasteiger partial charge in [-0.3, -0.25) is 4.79 Å². The molecule has 0 heterocycles. The molecular formula is C10H12O3S. The smallest absolute Gasteiger partial charge is 0.219 e. The van der Waals surface area contributed by atoms with Crippen molar-refractivity contribution in [2.24, 2.45) is 0 Å². The van der Waals surface area contributed by atoms with Crippen LogP contribution in [0.5, 0.6) is 11.5 Å². The lowest BCUT2D eigenvalue weighted by molar-refractivity contribution is 0.108. The average molecular weight is 212 g/mol. The molecule has 0 spiro atoms. The molecule has 0 aromatic heterocycles. The normalized spacial score (nSPS) is 9.64. The summed E-state index contributed by atoms with van der Waals surface area (Å²) in [6.45, 7) is 0. The molecule has 1 aromatic rings. The Morgan fingerprint density at radius 3 is 2.00 bits per heavy atom. The summed E-state index contributed by atoms with van der Waals surface area (Å²) in [5, 5.41) is 0.00204. The van der Waals surface area contributed by atoms with E-state index in [1.807, 2.05) is 0 Å². The Bertz CT molecular complexity index is 314. The van der Waals surface area contributed by atoms with E-state index >= 15 is 0 Å². The molecule has 4 heteroatoms. The molecule has 0 radical (unpaired) electrons. The van der Waals surface area contributed by atoms with Crippen molar-refractivity contribution in [3.8, 4) is 11.5 Å². The molecule has 3 nitrogen and oxygen atoms in total. The van der Waals surface area contributed by atoms with Crippen molar-refractivity contribution in [2.75, 3.05) is 20.5 Å². The maximum atomic E-state index is 11.4. The van der Waals surface area contributed by atoms with E-state index in [2.05, 4.69) is 0 Å². The Balaban J connectivity index is 3.10. The lowest BCUT2D eigenvalue weighted by Crippen LogP contribution is -1.95. The topological polar surface area (TPSA) is 35.5 Å². The van der Waals surface area contributed by atoms with Gasteiger partial charge in [0, 0.05) is 11.6 Å². The molecule has 0 saturated carbocycles. The second-order valence-electron chi connectivity index (χ2n) is 2.59. The summed E-state index contributed by atoms with van der Waals surface area (Å²) in [5.74, 6) is 1.25. The molecule has 0 fully saturated rings. The first kappa shape index (κ1) is 10.9. The van der Waals surface area contributed by atoms with Crippen LogP contribution in [0.1, 0.15) is 10.4 Å². The summed E-state index contributed by atoms with van der Waals surface area (Å²) in [6.07, 6.45) is 1.74. The number of thioether (sulfide) groups is 1. The summed E-state index contributed by atoms with van der Waals surface area (Å²) in [7, 11) is 3.12. The number of carbonyl (C=O) groups is 1. The van der Waals surface area contributed by atoms with E-state index < -0.39 is 0 Å². The molecule has 0 aliphatic rings. The molecule has 0 N–H and O–H groups in total. The molecule has 0 aliphatic heterocycles. The van der Waals surface area contributed by atoms with E-state index in [9.17, 15) is 4.79 Å². The van der Waals surface area contributed by atoms with Gasteiger partial charge in [-0.1, -0.05) is 11.8 Å². The Hall–Kier alpha value is -1.16. The van der Waals surface area contributed by atoms with Crippen LogP contribution < -0.4 is 9.47 Å². The molecule has 14 heavy (non-hydrogen) atoms.